The van der Waals surface area contributed by atoms with Gasteiger partial charge in [0.1, 0.15) is 17.1 Å². The van der Waals surface area contributed by atoms with Crippen LogP contribution in [0.4, 0.5) is 4.79 Å². The SMILES string of the molecule is COC(=O)CCc1ccc(OCCc2nc(-c3ccc(-c4ccccc4)cc3)oc2C)c2c1CN(C(=O)OC(C)(C)C)CC2. The zero-order chi connectivity index (χ0) is 31.3. The van der Waals surface area contributed by atoms with Crippen molar-refractivity contribution in [2.45, 2.75) is 65.5 Å². The second-order valence-electron chi connectivity index (χ2n) is 12.0. The molecule has 4 aromatic rings. The lowest BCUT2D eigenvalue weighted by atomic mass is 9.92. The van der Waals surface area contributed by atoms with Gasteiger partial charge in [-0.15, -0.1) is 0 Å². The molecule has 0 bridgehead atoms. The van der Waals surface area contributed by atoms with E-state index in [0.29, 0.717) is 44.8 Å². The molecule has 1 aliphatic heterocycles. The molecule has 0 aliphatic carbocycles. The smallest absolute Gasteiger partial charge is 0.410 e. The van der Waals surface area contributed by atoms with Crippen molar-refractivity contribution in [3.63, 3.8) is 0 Å². The summed E-state index contributed by atoms with van der Waals surface area (Å²) in [5.41, 5.74) is 6.56. The quantitative estimate of drug-likeness (QED) is 0.187. The van der Waals surface area contributed by atoms with Crippen LogP contribution in [0, 0.1) is 6.92 Å². The number of benzene rings is 3. The van der Waals surface area contributed by atoms with Crippen LogP contribution >= 0.6 is 0 Å². The Morgan fingerprint density at radius 1 is 0.909 bits per heavy atom. The van der Waals surface area contributed by atoms with Crippen LogP contribution in [-0.4, -0.2) is 47.8 Å². The maximum atomic E-state index is 12.9. The van der Waals surface area contributed by atoms with Crippen LogP contribution in [0.5, 0.6) is 5.75 Å². The summed E-state index contributed by atoms with van der Waals surface area (Å²) in [6.07, 6.45) is 1.64. The Morgan fingerprint density at radius 3 is 2.32 bits per heavy atom. The number of ether oxygens (including phenoxy) is 3. The van der Waals surface area contributed by atoms with E-state index >= 15 is 0 Å². The van der Waals surface area contributed by atoms with Crippen molar-refractivity contribution in [1.82, 2.24) is 9.88 Å². The van der Waals surface area contributed by atoms with Crippen molar-refractivity contribution in [2.75, 3.05) is 20.3 Å². The first-order chi connectivity index (χ1) is 21.1. The summed E-state index contributed by atoms with van der Waals surface area (Å²) in [6, 6.07) is 22.4. The number of oxazole rings is 1. The summed E-state index contributed by atoms with van der Waals surface area (Å²) in [5.74, 6) is 1.87. The maximum Gasteiger partial charge on any atom is 0.410 e. The molecule has 3 aromatic carbocycles. The summed E-state index contributed by atoms with van der Waals surface area (Å²) in [7, 11) is 1.39. The molecule has 0 unspecified atom stereocenters. The fourth-order valence-corrected chi connectivity index (χ4v) is 5.38. The van der Waals surface area contributed by atoms with Crippen molar-refractivity contribution in [1.29, 1.82) is 0 Å². The second kappa shape index (κ2) is 13.4. The van der Waals surface area contributed by atoms with Crippen molar-refractivity contribution in [2.24, 2.45) is 0 Å². The number of aromatic nitrogens is 1. The normalized spacial score (nSPS) is 12.9. The molecule has 0 spiro atoms. The molecule has 0 saturated heterocycles. The van der Waals surface area contributed by atoms with Crippen LogP contribution in [0.1, 0.15) is 55.3 Å². The molecule has 0 N–H and O–H groups in total. The van der Waals surface area contributed by atoms with Gasteiger partial charge in [0.25, 0.3) is 0 Å². The van der Waals surface area contributed by atoms with E-state index in [-0.39, 0.29) is 18.5 Å². The summed E-state index contributed by atoms with van der Waals surface area (Å²) >= 11 is 0. The first kappa shape index (κ1) is 30.9. The highest BCUT2D eigenvalue weighted by Gasteiger charge is 2.29. The van der Waals surface area contributed by atoms with Crippen molar-refractivity contribution < 1.29 is 28.2 Å². The molecule has 44 heavy (non-hydrogen) atoms. The van der Waals surface area contributed by atoms with Gasteiger partial charge in [-0.3, -0.25) is 4.79 Å². The fraction of sp³-hybridized carbons (Fsp3) is 0.361. The highest BCUT2D eigenvalue weighted by Crippen LogP contribution is 2.33. The molecule has 2 heterocycles. The second-order valence-corrected chi connectivity index (χ2v) is 12.0. The minimum atomic E-state index is -0.583. The zero-order valence-electron chi connectivity index (χ0n) is 26.1. The number of hydrogen-bond donors (Lipinski definition) is 0. The van der Waals surface area contributed by atoms with E-state index in [1.165, 1.54) is 7.11 Å². The number of carbonyl (C=O) groups excluding carboxylic acids is 2. The number of amides is 1. The van der Waals surface area contributed by atoms with Gasteiger partial charge in [0, 0.05) is 37.1 Å². The number of esters is 1. The number of carbonyl (C=O) groups is 2. The summed E-state index contributed by atoms with van der Waals surface area (Å²) in [5, 5.41) is 0. The molecule has 0 fully saturated rings. The minimum Gasteiger partial charge on any atom is -0.493 e. The van der Waals surface area contributed by atoms with E-state index in [4.69, 9.17) is 23.6 Å². The summed E-state index contributed by atoms with van der Waals surface area (Å²) in [6.45, 7) is 8.84. The van der Waals surface area contributed by atoms with Gasteiger partial charge in [0.05, 0.1) is 19.4 Å². The van der Waals surface area contributed by atoms with Crippen LogP contribution < -0.4 is 4.74 Å². The highest BCUT2D eigenvalue weighted by molar-refractivity contribution is 5.71. The Morgan fingerprint density at radius 2 is 1.61 bits per heavy atom. The molecule has 0 atom stereocenters. The minimum absolute atomic E-state index is 0.262. The molecule has 5 rings (SSSR count). The van der Waals surface area contributed by atoms with Gasteiger partial charge in [-0.05, 0) is 81.0 Å². The standard InChI is InChI=1S/C36H40N2O6/c1-24-31(37-34(43-24)28-13-11-26(12-14-28)25-9-7-6-8-10-25)20-22-42-32-17-15-27(16-18-33(39)41-5)30-23-38(21-19-29(30)32)35(40)44-36(2,3)4/h6-15,17H,16,18-23H2,1-5H3. The first-order valence-electron chi connectivity index (χ1n) is 15.0. The van der Waals surface area contributed by atoms with E-state index in [1.54, 1.807) is 4.90 Å². The lowest BCUT2D eigenvalue weighted by Crippen LogP contribution is -2.40. The van der Waals surface area contributed by atoms with E-state index < -0.39 is 5.60 Å². The van der Waals surface area contributed by atoms with Gasteiger partial charge in [-0.1, -0.05) is 48.5 Å². The third-order valence-electron chi connectivity index (χ3n) is 7.67. The van der Waals surface area contributed by atoms with Gasteiger partial charge in [0.15, 0.2) is 0 Å². The molecular formula is C36H40N2O6. The molecule has 1 aliphatic rings. The fourth-order valence-electron chi connectivity index (χ4n) is 5.38. The molecule has 0 saturated carbocycles. The van der Waals surface area contributed by atoms with E-state index in [2.05, 4.69) is 24.3 Å². The number of rotatable bonds is 9. The molecule has 8 heteroatoms. The number of fused-ring (bicyclic) bond motifs is 1. The van der Waals surface area contributed by atoms with Crippen molar-refractivity contribution >= 4 is 12.1 Å². The third-order valence-corrected chi connectivity index (χ3v) is 7.67. The number of hydrogen-bond acceptors (Lipinski definition) is 7. The lowest BCUT2D eigenvalue weighted by molar-refractivity contribution is -0.140. The van der Waals surface area contributed by atoms with Crippen LogP contribution in [-0.2, 0) is 40.1 Å². The summed E-state index contributed by atoms with van der Waals surface area (Å²) < 4.78 is 22.8. The topological polar surface area (TPSA) is 91.1 Å². The maximum absolute atomic E-state index is 12.9. The third kappa shape index (κ3) is 7.48. The lowest BCUT2D eigenvalue weighted by Gasteiger charge is -2.33. The van der Waals surface area contributed by atoms with Gasteiger partial charge in [-0.2, -0.15) is 0 Å². The van der Waals surface area contributed by atoms with Crippen molar-refractivity contribution in [3.05, 3.63) is 94.9 Å². The Balaban J connectivity index is 1.28. The predicted molar refractivity (Wildman–Crippen MR) is 168 cm³/mol. The van der Waals surface area contributed by atoms with Crippen LogP contribution in [0.15, 0.2) is 71.1 Å². The largest absolute Gasteiger partial charge is 0.493 e. The van der Waals surface area contributed by atoms with E-state index in [0.717, 1.165) is 50.6 Å². The number of nitrogens with zero attached hydrogens (tertiary/aromatic N) is 2. The monoisotopic (exact) mass is 596 g/mol. The summed E-state index contributed by atoms with van der Waals surface area (Å²) in [4.78, 5) is 31.2. The van der Waals surface area contributed by atoms with Crippen LogP contribution in [0.25, 0.3) is 22.6 Å². The molecule has 1 amide bonds. The molecule has 1 aromatic heterocycles. The zero-order valence-corrected chi connectivity index (χ0v) is 26.1. The van der Waals surface area contributed by atoms with Gasteiger partial charge < -0.3 is 23.5 Å². The average molecular weight is 597 g/mol. The number of aryl methyl sites for hydroxylation is 2. The van der Waals surface area contributed by atoms with Crippen molar-refractivity contribution in [3.8, 4) is 28.3 Å². The number of methoxy groups -OCH3 is 1. The van der Waals surface area contributed by atoms with E-state index in [9.17, 15) is 9.59 Å². The molecular weight excluding hydrogens is 556 g/mol. The van der Waals surface area contributed by atoms with Crippen LogP contribution in [0.2, 0.25) is 0 Å². The van der Waals surface area contributed by atoms with Gasteiger partial charge in [-0.25, -0.2) is 9.78 Å². The first-order valence-corrected chi connectivity index (χ1v) is 15.0. The van der Waals surface area contributed by atoms with Crippen LogP contribution in [0.3, 0.4) is 0 Å². The molecule has 8 nitrogen and oxygen atoms in total. The predicted octanol–water partition coefficient (Wildman–Crippen LogP) is 7.34. The van der Waals surface area contributed by atoms with E-state index in [1.807, 2.05) is 70.2 Å². The highest BCUT2D eigenvalue weighted by atomic mass is 16.6. The Hall–Kier alpha value is -4.59. The Labute approximate surface area is 259 Å². The molecule has 230 valence electrons. The van der Waals surface area contributed by atoms with Gasteiger partial charge >= 0.3 is 12.1 Å². The Kier molecular flexibility index (Phi) is 9.37. The molecule has 0 radical (unpaired) electrons. The Bertz CT molecular complexity index is 1600. The average Bonchev–Trinajstić information content (AvgIpc) is 3.39. The van der Waals surface area contributed by atoms with Gasteiger partial charge in [0.2, 0.25) is 5.89 Å².